The lowest BCUT2D eigenvalue weighted by Gasteiger charge is -2.12. The number of hydrogen-bond donors (Lipinski definition) is 2. The normalized spacial score (nSPS) is 11.8. The van der Waals surface area contributed by atoms with Crippen molar-refractivity contribution >= 4 is 17.5 Å². The van der Waals surface area contributed by atoms with Gasteiger partial charge >= 0.3 is 11.8 Å². The fraction of sp³-hybridized carbons (Fsp3) is 0.200. The molecule has 116 valence electrons. The zero-order chi connectivity index (χ0) is 16.1. The molecule has 2 N–H and O–H groups in total. The Balaban J connectivity index is 1.91. The van der Waals surface area contributed by atoms with Crippen LogP contribution in [-0.4, -0.2) is 17.9 Å². The van der Waals surface area contributed by atoms with Crippen molar-refractivity contribution in [2.24, 2.45) is 0 Å². The highest BCUT2D eigenvalue weighted by molar-refractivity contribution is 6.39. The molecule has 0 bridgehead atoms. The predicted octanol–water partition coefficient (Wildman–Crippen LogP) is 2.24. The molecule has 2 rings (SSSR count). The lowest BCUT2D eigenvalue weighted by Crippen LogP contribution is -2.41. The monoisotopic (exact) mass is 308 g/mol. The third kappa shape index (κ3) is 4.15. The van der Waals surface area contributed by atoms with Gasteiger partial charge in [0.1, 0.15) is 17.4 Å². The fourth-order valence-electron chi connectivity index (χ4n) is 1.84. The number of furan rings is 1. The Morgan fingerprint density at radius 2 is 2.00 bits per heavy atom. The van der Waals surface area contributed by atoms with Crippen LogP contribution < -0.4 is 10.6 Å². The van der Waals surface area contributed by atoms with Crippen LogP contribution in [0.3, 0.4) is 0 Å². The summed E-state index contributed by atoms with van der Waals surface area (Å²) >= 11 is 0. The van der Waals surface area contributed by atoms with Crippen molar-refractivity contribution in [1.82, 2.24) is 5.32 Å². The number of hydrogen-bond acceptors (Lipinski definition) is 3. The van der Waals surface area contributed by atoms with Gasteiger partial charge in [-0.1, -0.05) is 0 Å². The molecule has 0 fully saturated rings. The first kappa shape index (κ1) is 15.7. The van der Waals surface area contributed by atoms with Gasteiger partial charge in [-0.15, -0.1) is 0 Å². The minimum atomic E-state index is -1.07. The van der Waals surface area contributed by atoms with Crippen molar-refractivity contribution in [2.45, 2.75) is 19.4 Å². The van der Waals surface area contributed by atoms with Crippen LogP contribution in [0.15, 0.2) is 41.0 Å². The molecule has 2 amide bonds. The molecule has 1 aromatic carbocycles. The van der Waals surface area contributed by atoms with E-state index >= 15 is 0 Å². The maximum atomic E-state index is 13.4. The second-order valence-corrected chi connectivity index (χ2v) is 4.74. The molecule has 0 radical (unpaired) electrons. The summed E-state index contributed by atoms with van der Waals surface area (Å²) in [6.07, 6.45) is 1.91. The molecule has 0 spiro atoms. The van der Waals surface area contributed by atoms with E-state index in [0.717, 1.165) is 18.2 Å². The molecule has 7 heteroatoms. The third-order valence-electron chi connectivity index (χ3n) is 2.85. The first-order valence-corrected chi connectivity index (χ1v) is 6.55. The molecule has 0 saturated carbocycles. The van der Waals surface area contributed by atoms with Crippen LogP contribution in [0.1, 0.15) is 12.7 Å². The number of amides is 2. The van der Waals surface area contributed by atoms with E-state index in [1.54, 1.807) is 19.1 Å². The predicted molar refractivity (Wildman–Crippen MR) is 75.0 cm³/mol. The quantitative estimate of drug-likeness (QED) is 0.851. The zero-order valence-corrected chi connectivity index (χ0v) is 11.7. The van der Waals surface area contributed by atoms with Gasteiger partial charge in [0, 0.05) is 18.5 Å². The Kier molecular flexibility index (Phi) is 4.88. The number of nitrogens with one attached hydrogen (secondary N) is 2. The first-order valence-electron chi connectivity index (χ1n) is 6.55. The summed E-state index contributed by atoms with van der Waals surface area (Å²) in [5.74, 6) is -2.91. The average Bonchev–Trinajstić information content (AvgIpc) is 2.95. The summed E-state index contributed by atoms with van der Waals surface area (Å²) < 4.78 is 31.5. The van der Waals surface area contributed by atoms with E-state index in [2.05, 4.69) is 5.32 Å². The smallest absolute Gasteiger partial charge is 0.313 e. The van der Waals surface area contributed by atoms with Crippen LogP contribution in [0.25, 0.3) is 0 Å². The molecule has 0 aliphatic carbocycles. The summed E-state index contributed by atoms with van der Waals surface area (Å²) in [4.78, 5) is 23.4. The standard InChI is InChI=1S/C15H14F2N2O3/c1-9(7-11-3-2-6-22-11)18-14(20)15(21)19-13-8-10(16)4-5-12(13)17/h2-6,8-9H,7H2,1H3,(H,18,20)(H,19,21). The highest BCUT2D eigenvalue weighted by atomic mass is 19.1. The first-order chi connectivity index (χ1) is 10.5. The van der Waals surface area contributed by atoms with Crippen LogP contribution in [0.4, 0.5) is 14.5 Å². The largest absolute Gasteiger partial charge is 0.469 e. The van der Waals surface area contributed by atoms with Crippen molar-refractivity contribution in [1.29, 1.82) is 0 Å². The highest BCUT2D eigenvalue weighted by Crippen LogP contribution is 2.15. The van der Waals surface area contributed by atoms with Gasteiger partial charge in [0.25, 0.3) is 0 Å². The van der Waals surface area contributed by atoms with Crippen molar-refractivity contribution in [3.05, 3.63) is 54.0 Å². The van der Waals surface area contributed by atoms with Gasteiger partial charge in [-0.3, -0.25) is 9.59 Å². The van der Waals surface area contributed by atoms with Crippen LogP contribution >= 0.6 is 0 Å². The maximum absolute atomic E-state index is 13.4. The zero-order valence-electron chi connectivity index (χ0n) is 11.7. The Hall–Kier alpha value is -2.70. The lowest BCUT2D eigenvalue weighted by atomic mass is 10.2. The van der Waals surface area contributed by atoms with E-state index in [-0.39, 0.29) is 11.7 Å². The van der Waals surface area contributed by atoms with Crippen molar-refractivity contribution in [3.8, 4) is 0 Å². The maximum Gasteiger partial charge on any atom is 0.313 e. The van der Waals surface area contributed by atoms with Gasteiger partial charge in [-0.25, -0.2) is 8.78 Å². The number of anilines is 1. The van der Waals surface area contributed by atoms with Gasteiger partial charge in [-0.05, 0) is 31.2 Å². The van der Waals surface area contributed by atoms with Crippen LogP contribution in [0.2, 0.25) is 0 Å². The summed E-state index contributed by atoms with van der Waals surface area (Å²) in [5, 5.41) is 4.47. The number of benzene rings is 1. The summed E-state index contributed by atoms with van der Waals surface area (Å²) in [5.41, 5.74) is -0.390. The number of carbonyl (C=O) groups is 2. The second-order valence-electron chi connectivity index (χ2n) is 4.74. The summed E-state index contributed by atoms with van der Waals surface area (Å²) in [7, 11) is 0. The molecule has 5 nitrogen and oxygen atoms in total. The van der Waals surface area contributed by atoms with Gasteiger partial charge < -0.3 is 15.1 Å². The number of carbonyl (C=O) groups excluding carboxylic acids is 2. The van der Waals surface area contributed by atoms with Crippen molar-refractivity contribution < 1.29 is 22.8 Å². The van der Waals surface area contributed by atoms with Crippen LogP contribution in [0, 0.1) is 11.6 Å². The van der Waals surface area contributed by atoms with Gasteiger partial charge in [0.15, 0.2) is 0 Å². The SMILES string of the molecule is CC(Cc1ccco1)NC(=O)C(=O)Nc1cc(F)ccc1F. The minimum Gasteiger partial charge on any atom is -0.469 e. The van der Waals surface area contributed by atoms with E-state index in [1.807, 2.05) is 5.32 Å². The van der Waals surface area contributed by atoms with Crippen molar-refractivity contribution in [3.63, 3.8) is 0 Å². The molecule has 0 aliphatic heterocycles. The topological polar surface area (TPSA) is 71.3 Å². The lowest BCUT2D eigenvalue weighted by molar-refractivity contribution is -0.136. The molecular formula is C15H14F2N2O3. The van der Waals surface area contributed by atoms with E-state index in [9.17, 15) is 18.4 Å². The van der Waals surface area contributed by atoms with E-state index < -0.39 is 23.4 Å². The van der Waals surface area contributed by atoms with Crippen molar-refractivity contribution in [2.75, 3.05) is 5.32 Å². The van der Waals surface area contributed by atoms with Crippen LogP contribution in [0.5, 0.6) is 0 Å². The fourth-order valence-corrected chi connectivity index (χ4v) is 1.84. The van der Waals surface area contributed by atoms with Gasteiger partial charge in [0.2, 0.25) is 0 Å². The molecule has 1 heterocycles. The van der Waals surface area contributed by atoms with Gasteiger partial charge in [0.05, 0.1) is 12.0 Å². The number of halogens is 2. The molecular weight excluding hydrogens is 294 g/mol. The molecule has 1 atom stereocenters. The minimum absolute atomic E-state index is 0.359. The van der Waals surface area contributed by atoms with Gasteiger partial charge in [-0.2, -0.15) is 0 Å². The molecule has 0 saturated heterocycles. The average molecular weight is 308 g/mol. The van der Waals surface area contributed by atoms with E-state index in [1.165, 1.54) is 6.26 Å². The molecule has 1 unspecified atom stereocenters. The summed E-state index contributed by atoms with van der Waals surface area (Å²) in [6.45, 7) is 1.69. The Bertz CT molecular complexity index is 671. The van der Waals surface area contributed by atoms with Crippen LogP contribution in [-0.2, 0) is 16.0 Å². The molecule has 0 aliphatic rings. The molecule has 2 aromatic rings. The summed E-state index contributed by atoms with van der Waals surface area (Å²) in [6, 6.07) is 5.67. The Morgan fingerprint density at radius 1 is 1.23 bits per heavy atom. The highest BCUT2D eigenvalue weighted by Gasteiger charge is 2.18. The second kappa shape index (κ2) is 6.84. The van der Waals surface area contributed by atoms with E-state index in [4.69, 9.17) is 4.42 Å². The third-order valence-corrected chi connectivity index (χ3v) is 2.85. The molecule has 1 aromatic heterocycles. The number of rotatable bonds is 4. The Labute approximate surface area is 125 Å². The molecule has 22 heavy (non-hydrogen) atoms. The van der Waals surface area contributed by atoms with E-state index in [0.29, 0.717) is 12.2 Å². The Morgan fingerprint density at radius 3 is 2.68 bits per heavy atom.